The van der Waals surface area contributed by atoms with Gasteiger partial charge in [-0.1, -0.05) is 18.0 Å². The predicted octanol–water partition coefficient (Wildman–Crippen LogP) is 1.24. The molecular weight excluding hydrogens is 340 g/mol. The molecule has 1 fully saturated rings. The van der Waals surface area contributed by atoms with E-state index in [1.165, 1.54) is 31.3 Å². The van der Waals surface area contributed by atoms with Gasteiger partial charge < -0.3 is 10.4 Å². The van der Waals surface area contributed by atoms with Gasteiger partial charge >= 0.3 is 0 Å². The van der Waals surface area contributed by atoms with Crippen molar-refractivity contribution >= 4 is 27.5 Å². The SMILES string of the molecule is CN(CC(=O)N[C@H]1CCC[C@H]1CO)S(=O)(=O)c1ccc(Cl)cc1. The van der Waals surface area contributed by atoms with Crippen LogP contribution >= 0.6 is 11.6 Å². The van der Waals surface area contributed by atoms with Crippen LogP contribution in [0.5, 0.6) is 0 Å². The summed E-state index contributed by atoms with van der Waals surface area (Å²) in [7, 11) is -2.38. The summed E-state index contributed by atoms with van der Waals surface area (Å²) in [6.45, 7) is -0.233. The van der Waals surface area contributed by atoms with Crippen molar-refractivity contribution in [3.05, 3.63) is 29.3 Å². The molecule has 0 aromatic heterocycles. The summed E-state index contributed by atoms with van der Waals surface area (Å²) >= 11 is 5.76. The Morgan fingerprint density at radius 1 is 1.35 bits per heavy atom. The molecule has 8 heteroatoms. The molecule has 0 saturated heterocycles. The van der Waals surface area contributed by atoms with Crippen LogP contribution in [-0.2, 0) is 14.8 Å². The Labute approximate surface area is 141 Å². The van der Waals surface area contributed by atoms with E-state index in [-0.39, 0.29) is 35.9 Å². The lowest BCUT2D eigenvalue weighted by Crippen LogP contribution is -2.44. The van der Waals surface area contributed by atoms with Crippen LogP contribution in [0.2, 0.25) is 5.02 Å². The van der Waals surface area contributed by atoms with Crippen molar-refractivity contribution < 1.29 is 18.3 Å². The molecule has 0 aliphatic heterocycles. The number of nitrogens with zero attached hydrogens (tertiary/aromatic N) is 1. The summed E-state index contributed by atoms with van der Waals surface area (Å²) in [4.78, 5) is 12.2. The average Bonchev–Trinajstić information content (AvgIpc) is 2.94. The molecule has 2 rings (SSSR count). The number of amides is 1. The van der Waals surface area contributed by atoms with Gasteiger partial charge in [-0.15, -0.1) is 0 Å². The number of nitrogens with one attached hydrogen (secondary N) is 1. The summed E-state index contributed by atoms with van der Waals surface area (Å²) in [6.07, 6.45) is 2.64. The second kappa shape index (κ2) is 7.61. The lowest BCUT2D eigenvalue weighted by Gasteiger charge is -2.21. The largest absolute Gasteiger partial charge is 0.396 e. The highest BCUT2D eigenvalue weighted by atomic mass is 35.5. The van der Waals surface area contributed by atoms with E-state index in [1.807, 2.05) is 0 Å². The number of halogens is 1. The highest BCUT2D eigenvalue weighted by molar-refractivity contribution is 7.89. The maximum absolute atomic E-state index is 12.4. The Balaban J connectivity index is 1.98. The average molecular weight is 361 g/mol. The Hall–Kier alpha value is -1.15. The van der Waals surface area contributed by atoms with Gasteiger partial charge in [0.15, 0.2) is 0 Å². The second-order valence-electron chi connectivity index (χ2n) is 5.76. The van der Waals surface area contributed by atoms with E-state index in [0.717, 1.165) is 23.6 Å². The van der Waals surface area contributed by atoms with E-state index in [1.54, 1.807) is 0 Å². The van der Waals surface area contributed by atoms with Gasteiger partial charge in [-0.3, -0.25) is 4.79 Å². The van der Waals surface area contributed by atoms with Crippen LogP contribution in [0.4, 0.5) is 0 Å². The number of hydrogen-bond donors (Lipinski definition) is 2. The minimum Gasteiger partial charge on any atom is -0.396 e. The molecule has 1 aliphatic rings. The fourth-order valence-corrected chi connectivity index (χ4v) is 4.02. The molecule has 2 atom stereocenters. The third-order valence-electron chi connectivity index (χ3n) is 4.13. The second-order valence-corrected chi connectivity index (χ2v) is 8.24. The molecule has 0 bridgehead atoms. The van der Waals surface area contributed by atoms with Crippen LogP contribution in [0.15, 0.2) is 29.2 Å². The van der Waals surface area contributed by atoms with Crippen LogP contribution in [0.3, 0.4) is 0 Å². The van der Waals surface area contributed by atoms with Crippen LogP contribution in [0.25, 0.3) is 0 Å². The van der Waals surface area contributed by atoms with Gasteiger partial charge in [-0.05, 0) is 37.1 Å². The first kappa shape index (κ1) is 18.2. The summed E-state index contributed by atoms with van der Waals surface area (Å²) in [5, 5.41) is 12.5. The molecule has 0 heterocycles. The zero-order valence-corrected chi connectivity index (χ0v) is 14.5. The lowest BCUT2D eigenvalue weighted by molar-refractivity contribution is -0.122. The maximum atomic E-state index is 12.4. The fraction of sp³-hybridized carbons (Fsp3) is 0.533. The van der Waals surface area contributed by atoms with Crippen LogP contribution in [0, 0.1) is 5.92 Å². The van der Waals surface area contributed by atoms with Crippen LogP contribution in [0.1, 0.15) is 19.3 Å². The zero-order valence-electron chi connectivity index (χ0n) is 12.9. The number of carbonyl (C=O) groups excluding carboxylic acids is 1. The Morgan fingerprint density at radius 2 is 2.00 bits per heavy atom. The van der Waals surface area contributed by atoms with Gasteiger partial charge in [0.2, 0.25) is 15.9 Å². The minimum absolute atomic E-state index is 0.0316. The van der Waals surface area contributed by atoms with Gasteiger partial charge in [-0.2, -0.15) is 4.31 Å². The molecular formula is C15H21ClN2O4S. The standard InChI is InChI=1S/C15H21ClN2O4S/c1-18(23(21,22)13-7-5-12(16)6-8-13)9-15(20)17-14-4-2-3-11(14)10-19/h5-8,11,14,19H,2-4,9-10H2,1H3,(H,17,20)/t11-,14-/m0/s1. The van der Waals surface area contributed by atoms with E-state index in [0.29, 0.717) is 5.02 Å². The van der Waals surface area contributed by atoms with Crippen molar-refractivity contribution in [3.63, 3.8) is 0 Å². The smallest absolute Gasteiger partial charge is 0.243 e. The predicted molar refractivity (Wildman–Crippen MR) is 87.6 cm³/mol. The van der Waals surface area contributed by atoms with Gasteiger partial charge in [0.05, 0.1) is 11.4 Å². The molecule has 0 spiro atoms. The molecule has 1 aromatic carbocycles. The van der Waals surface area contributed by atoms with Gasteiger partial charge in [0.1, 0.15) is 0 Å². The third kappa shape index (κ3) is 4.44. The number of benzene rings is 1. The third-order valence-corrected chi connectivity index (χ3v) is 6.20. The van der Waals surface area contributed by atoms with Crippen molar-refractivity contribution in [1.29, 1.82) is 0 Å². The number of aliphatic hydroxyl groups excluding tert-OH is 1. The van der Waals surface area contributed by atoms with E-state index < -0.39 is 10.0 Å². The summed E-state index contributed by atoms with van der Waals surface area (Å²) < 4.78 is 25.8. The van der Waals surface area contributed by atoms with Crippen molar-refractivity contribution in [2.24, 2.45) is 5.92 Å². The topological polar surface area (TPSA) is 86.7 Å². The minimum atomic E-state index is -3.74. The van der Waals surface area contributed by atoms with Crippen molar-refractivity contribution in [3.8, 4) is 0 Å². The Morgan fingerprint density at radius 3 is 2.61 bits per heavy atom. The van der Waals surface area contributed by atoms with E-state index in [9.17, 15) is 18.3 Å². The van der Waals surface area contributed by atoms with Gasteiger partial charge in [0.25, 0.3) is 0 Å². The molecule has 0 radical (unpaired) electrons. The normalized spacial score (nSPS) is 21.6. The van der Waals surface area contributed by atoms with Gasteiger partial charge in [0, 0.05) is 30.6 Å². The van der Waals surface area contributed by atoms with E-state index in [2.05, 4.69) is 5.32 Å². The highest BCUT2D eigenvalue weighted by Gasteiger charge is 2.29. The lowest BCUT2D eigenvalue weighted by atomic mass is 10.1. The first-order valence-corrected chi connectivity index (χ1v) is 9.28. The molecule has 6 nitrogen and oxygen atoms in total. The number of hydrogen-bond acceptors (Lipinski definition) is 4. The van der Waals surface area contributed by atoms with Crippen molar-refractivity contribution in [2.45, 2.75) is 30.2 Å². The molecule has 1 aromatic rings. The van der Waals surface area contributed by atoms with Gasteiger partial charge in [-0.25, -0.2) is 8.42 Å². The summed E-state index contributed by atoms with van der Waals surface area (Å²) in [6, 6.07) is 5.72. The van der Waals surface area contributed by atoms with Crippen molar-refractivity contribution in [1.82, 2.24) is 9.62 Å². The molecule has 128 valence electrons. The highest BCUT2D eigenvalue weighted by Crippen LogP contribution is 2.25. The van der Waals surface area contributed by atoms with E-state index in [4.69, 9.17) is 11.6 Å². The Bertz CT molecular complexity index is 648. The maximum Gasteiger partial charge on any atom is 0.243 e. The molecule has 0 unspecified atom stereocenters. The summed E-state index contributed by atoms with van der Waals surface area (Å²) in [5.41, 5.74) is 0. The Kier molecular flexibility index (Phi) is 6.02. The number of likely N-dealkylation sites (N-methyl/N-ethyl adjacent to an activating group) is 1. The number of carbonyl (C=O) groups is 1. The van der Waals surface area contributed by atoms with Crippen molar-refractivity contribution in [2.75, 3.05) is 20.2 Å². The molecule has 1 saturated carbocycles. The monoisotopic (exact) mass is 360 g/mol. The summed E-state index contributed by atoms with van der Waals surface area (Å²) in [5.74, 6) is -0.312. The van der Waals surface area contributed by atoms with E-state index >= 15 is 0 Å². The first-order chi connectivity index (χ1) is 10.8. The molecule has 1 amide bonds. The fourth-order valence-electron chi connectivity index (χ4n) is 2.77. The number of aliphatic hydroxyl groups is 1. The zero-order chi connectivity index (χ0) is 17.0. The quantitative estimate of drug-likeness (QED) is 0.799. The van der Waals surface area contributed by atoms with Crippen LogP contribution < -0.4 is 5.32 Å². The molecule has 1 aliphatic carbocycles. The number of sulfonamides is 1. The van der Waals surface area contributed by atoms with Crippen LogP contribution in [-0.4, -0.2) is 50.0 Å². The first-order valence-electron chi connectivity index (χ1n) is 7.46. The molecule has 2 N–H and O–H groups in total. The number of rotatable bonds is 6. The molecule has 23 heavy (non-hydrogen) atoms.